The van der Waals surface area contributed by atoms with Gasteiger partial charge in [0.05, 0.1) is 5.56 Å². The van der Waals surface area contributed by atoms with Gasteiger partial charge in [-0.05, 0) is 49.2 Å². The van der Waals surface area contributed by atoms with Gasteiger partial charge in [0.1, 0.15) is 22.4 Å². The molecule has 2 amide bonds. The molecule has 1 saturated carbocycles. The lowest BCUT2D eigenvalue weighted by atomic mass is 10.2. The Morgan fingerprint density at radius 1 is 1.07 bits per heavy atom. The van der Waals surface area contributed by atoms with Crippen LogP contribution in [0.3, 0.4) is 0 Å². The molecule has 4 rings (SSSR count). The first kappa shape index (κ1) is 19.0. The minimum Gasteiger partial charge on any atom is -0.457 e. The predicted octanol–water partition coefficient (Wildman–Crippen LogP) is 4.04. The molecule has 2 N–H and O–H groups in total. The SMILES string of the molecule is O=C(NC1CC1)C(=Cc1ccc(-c2cccnc2Cl)o1)NC(=O)c1ccccc1. The van der Waals surface area contributed by atoms with Crippen molar-refractivity contribution in [3.05, 3.63) is 83.0 Å². The van der Waals surface area contributed by atoms with Crippen LogP contribution in [0.5, 0.6) is 0 Å². The van der Waals surface area contributed by atoms with Gasteiger partial charge < -0.3 is 15.1 Å². The van der Waals surface area contributed by atoms with Gasteiger partial charge in [-0.25, -0.2) is 4.98 Å². The second-order valence-corrected chi connectivity index (χ2v) is 7.03. The average molecular weight is 408 g/mol. The molecule has 3 aromatic rings. The summed E-state index contributed by atoms with van der Waals surface area (Å²) in [6, 6.07) is 15.9. The Balaban J connectivity index is 1.60. The number of aromatic nitrogens is 1. The Morgan fingerprint density at radius 3 is 2.59 bits per heavy atom. The standard InChI is InChI=1S/C22H18ClN3O3/c23-20-17(7-4-12-24-20)19-11-10-16(29-19)13-18(22(28)25-15-8-9-15)26-21(27)14-5-2-1-3-6-14/h1-7,10-13,15H,8-9H2,(H,25,28)(H,26,27). The number of hydrogen-bond acceptors (Lipinski definition) is 4. The van der Waals surface area contributed by atoms with Crippen LogP contribution < -0.4 is 10.6 Å². The number of halogens is 1. The smallest absolute Gasteiger partial charge is 0.268 e. The van der Waals surface area contributed by atoms with E-state index in [1.54, 1.807) is 54.7 Å². The lowest BCUT2D eigenvalue weighted by Gasteiger charge is -2.10. The molecule has 1 aromatic carbocycles. The number of furan rings is 1. The maximum absolute atomic E-state index is 12.6. The Hall–Kier alpha value is -3.38. The zero-order valence-electron chi connectivity index (χ0n) is 15.4. The number of benzene rings is 1. The van der Waals surface area contributed by atoms with Crippen molar-refractivity contribution in [2.24, 2.45) is 0 Å². The van der Waals surface area contributed by atoms with Crippen LogP contribution in [0, 0.1) is 0 Å². The highest BCUT2D eigenvalue weighted by Crippen LogP contribution is 2.28. The van der Waals surface area contributed by atoms with Gasteiger partial charge in [0.2, 0.25) is 0 Å². The summed E-state index contributed by atoms with van der Waals surface area (Å²) < 4.78 is 5.81. The van der Waals surface area contributed by atoms with Crippen LogP contribution >= 0.6 is 11.6 Å². The first-order valence-electron chi connectivity index (χ1n) is 9.20. The second-order valence-electron chi connectivity index (χ2n) is 6.67. The molecule has 6 nitrogen and oxygen atoms in total. The Labute approximate surface area is 172 Å². The highest BCUT2D eigenvalue weighted by Gasteiger charge is 2.26. The molecule has 0 aliphatic heterocycles. The number of amides is 2. The van der Waals surface area contributed by atoms with Gasteiger partial charge in [0.15, 0.2) is 0 Å². The summed E-state index contributed by atoms with van der Waals surface area (Å²) in [6.07, 6.45) is 4.98. The molecule has 1 aliphatic carbocycles. The minimum absolute atomic E-state index is 0.115. The third-order valence-electron chi connectivity index (χ3n) is 4.38. The van der Waals surface area contributed by atoms with Crippen LogP contribution in [0.15, 0.2) is 70.9 Å². The van der Waals surface area contributed by atoms with Crippen LogP contribution in [0.25, 0.3) is 17.4 Å². The van der Waals surface area contributed by atoms with E-state index in [4.69, 9.17) is 16.0 Å². The molecule has 0 unspecified atom stereocenters. The summed E-state index contributed by atoms with van der Waals surface area (Å²) >= 11 is 6.12. The third-order valence-corrected chi connectivity index (χ3v) is 4.68. The topological polar surface area (TPSA) is 84.2 Å². The fraction of sp³-hybridized carbons (Fsp3) is 0.136. The van der Waals surface area contributed by atoms with Gasteiger partial charge >= 0.3 is 0 Å². The second kappa shape index (κ2) is 8.32. The number of nitrogens with one attached hydrogen (secondary N) is 2. The Bertz CT molecular complexity index is 1070. The lowest BCUT2D eigenvalue weighted by molar-refractivity contribution is -0.117. The summed E-state index contributed by atoms with van der Waals surface area (Å²) in [5, 5.41) is 5.89. The molecule has 0 atom stereocenters. The first-order valence-corrected chi connectivity index (χ1v) is 9.57. The average Bonchev–Trinajstić information content (AvgIpc) is 3.43. The number of carbonyl (C=O) groups excluding carboxylic acids is 2. The van der Waals surface area contributed by atoms with E-state index in [-0.39, 0.29) is 23.6 Å². The number of nitrogens with zero attached hydrogens (tertiary/aromatic N) is 1. The maximum atomic E-state index is 12.6. The van der Waals surface area contributed by atoms with Crippen molar-refractivity contribution >= 4 is 29.5 Å². The quantitative estimate of drug-likeness (QED) is 0.477. The van der Waals surface area contributed by atoms with Crippen LogP contribution in [0.1, 0.15) is 29.0 Å². The lowest BCUT2D eigenvalue weighted by Crippen LogP contribution is -2.35. The van der Waals surface area contributed by atoms with Crippen LogP contribution in [-0.4, -0.2) is 22.8 Å². The molecule has 0 saturated heterocycles. The normalized spacial score (nSPS) is 13.8. The highest BCUT2D eigenvalue weighted by molar-refractivity contribution is 6.31. The van der Waals surface area contributed by atoms with E-state index in [2.05, 4.69) is 15.6 Å². The van der Waals surface area contributed by atoms with Gasteiger partial charge in [-0.15, -0.1) is 0 Å². The van der Waals surface area contributed by atoms with Gasteiger partial charge in [0.25, 0.3) is 11.8 Å². The largest absolute Gasteiger partial charge is 0.457 e. The third kappa shape index (κ3) is 4.73. The van der Waals surface area contributed by atoms with E-state index in [9.17, 15) is 9.59 Å². The van der Waals surface area contributed by atoms with E-state index in [1.807, 2.05) is 6.07 Å². The molecular weight excluding hydrogens is 390 g/mol. The molecule has 2 aromatic heterocycles. The van der Waals surface area contributed by atoms with Gasteiger partial charge in [-0.3, -0.25) is 9.59 Å². The van der Waals surface area contributed by atoms with Crippen molar-refractivity contribution in [1.82, 2.24) is 15.6 Å². The molecule has 1 fully saturated rings. The van der Waals surface area contributed by atoms with Crippen molar-refractivity contribution in [3.63, 3.8) is 0 Å². The van der Waals surface area contributed by atoms with Crippen LogP contribution in [0.4, 0.5) is 0 Å². The summed E-state index contributed by atoms with van der Waals surface area (Å²) in [4.78, 5) is 29.2. The van der Waals surface area contributed by atoms with Gasteiger partial charge in [-0.1, -0.05) is 29.8 Å². The first-order chi connectivity index (χ1) is 14.1. The van der Waals surface area contributed by atoms with E-state index < -0.39 is 0 Å². The molecule has 146 valence electrons. The number of rotatable bonds is 6. The van der Waals surface area contributed by atoms with E-state index in [1.165, 1.54) is 6.08 Å². The zero-order chi connectivity index (χ0) is 20.2. The van der Waals surface area contributed by atoms with Crippen LogP contribution in [0.2, 0.25) is 5.15 Å². The van der Waals surface area contributed by atoms with Crippen molar-refractivity contribution in [1.29, 1.82) is 0 Å². The summed E-state index contributed by atoms with van der Waals surface area (Å²) in [7, 11) is 0. The van der Waals surface area contributed by atoms with E-state index in [0.717, 1.165) is 12.8 Å². The van der Waals surface area contributed by atoms with E-state index >= 15 is 0 Å². The molecule has 0 bridgehead atoms. The number of pyridine rings is 1. The molecule has 1 aliphatic rings. The molecular formula is C22H18ClN3O3. The summed E-state index contributed by atoms with van der Waals surface area (Å²) in [5.41, 5.74) is 1.22. The van der Waals surface area contributed by atoms with Crippen molar-refractivity contribution < 1.29 is 14.0 Å². The summed E-state index contributed by atoms with van der Waals surface area (Å²) in [5.74, 6) is 0.207. The molecule has 0 spiro atoms. The van der Waals surface area contributed by atoms with Gasteiger partial charge in [-0.2, -0.15) is 0 Å². The van der Waals surface area contributed by atoms with E-state index in [0.29, 0.717) is 27.8 Å². The van der Waals surface area contributed by atoms with Crippen molar-refractivity contribution in [2.45, 2.75) is 18.9 Å². The fourth-order valence-electron chi connectivity index (χ4n) is 2.72. The fourth-order valence-corrected chi connectivity index (χ4v) is 2.93. The maximum Gasteiger partial charge on any atom is 0.268 e. The molecule has 0 radical (unpaired) electrons. The minimum atomic E-state index is -0.370. The Morgan fingerprint density at radius 2 is 1.86 bits per heavy atom. The summed E-state index contributed by atoms with van der Waals surface area (Å²) in [6.45, 7) is 0. The van der Waals surface area contributed by atoms with Crippen LogP contribution in [-0.2, 0) is 4.79 Å². The zero-order valence-corrected chi connectivity index (χ0v) is 16.1. The monoisotopic (exact) mass is 407 g/mol. The highest BCUT2D eigenvalue weighted by atomic mass is 35.5. The Kier molecular flexibility index (Phi) is 5.44. The number of hydrogen-bond donors (Lipinski definition) is 2. The molecule has 7 heteroatoms. The van der Waals surface area contributed by atoms with Gasteiger partial charge in [0, 0.05) is 23.9 Å². The van der Waals surface area contributed by atoms with Crippen molar-refractivity contribution in [3.8, 4) is 11.3 Å². The molecule has 2 heterocycles. The number of carbonyl (C=O) groups is 2. The molecule has 29 heavy (non-hydrogen) atoms. The predicted molar refractivity (Wildman–Crippen MR) is 110 cm³/mol. The van der Waals surface area contributed by atoms with Crippen molar-refractivity contribution in [2.75, 3.05) is 0 Å².